The van der Waals surface area contributed by atoms with E-state index in [1.54, 1.807) is 38.1 Å². The maximum atomic E-state index is 12.4. The lowest BCUT2D eigenvalue weighted by atomic mass is 9.85. The molecule has 0 unspecified atom stereocenters. The second-order valence-electron chi connectivity index (χ2n) is 5.63. The average molecular weight is 284 g/mol. The van der Waals surface area contributed by atoms with Gasteiger partial charge in [0.2, 0.25) is 0 Å². The molecule has 1 N–H and O–H groups in total. The van der Waals surface area contributed by atoms with Gasteiger partial charge in [0, 0.05) is 0 Å². The maximum absolute atomic E-state index is 12.4. The van der Waals surface area contributed by atoms with Gasteiger partial charge in [-0.05, 0) is 38.0 Å². The van der Waals surface area contributed by atoms with Crippen molar-refractivity contribution in [2.45, 2.75) is 25.9 Å². The summed E-state index contributed by atoms with van der Waals surface area (Å²) in [7, 11) is 0. The third-order valence-electron chi connectivity index (χ3n) is 3.38. The Bertz CT molecular complexity index is 570. The number of aliphatic hydroxyl groups is 1. The summed E-state index contributed by atoms with van der Waals surface area (Å²) >= 11 is 0. The molecule has 0 amide bonds. The van der Waals surface area contributed by atoms with Crippen molar-refractivity contribution in [3.8, 4) is 5.75 Å². The summed E-state index contributed by atoms with van der Waals surface area (Å²) < 4.78 is 5.38. The van der Waals surface area contributed by atoms with Gasteiger partial charge in [-0.15, -0.1) is 0 Å². The molecule has 2 aromatic rings. The van der Waals surface area contributed by atoms with Crippen molar-refractivity contribution in [1.29, 1.82) is 0 Å². The largest absolute Gasteiger partial charge is 0.426 e. The topological polar surface area (TPSA) is 46.5 Å². The fourth-order valence-electron chi connectivity index (χ4n) is 2.15. The molecule has 0 aliphatic rings. The summed E-state index contributed by atoms with van der Waals surface area (Å²) in [5, 5.41) is 10.3. The monoisotopic (exact) mass is 284 g/mol. The third-order valence-corrected chi connectivity index (χ3v) is 3.38. The minimum atomic E-state index is -1.15. The SMILES string of the molecule is CC(C)(O)[C@@H](Cc1ccccc1)C(=O)Oc1ccccc1. The average Bonchev–Trinajstić information content (AvgIpc) is 2.45. The van der Waals surface area contributed by atoms with E-state index >= 15 is 0 Å². The zero-order valence-corrected chi connectivity index (χ0v) is 12.3. The molecule has 21 heavy (non-hydrogen) atoms. The molecule has 0 saturated heterocycles. The Morgan fingerprint density at radius 2 is 1.57 bits per heavy atom. The number of carbonyl (C=O) groups excluding carboxylic acids is 1. The Balaban J connectivity index is 2.15. The number of benzene rings is 2. The summed E-state index contributed by atoms with van der Waals surface area (Å²) in [6, 6.07) is 18.5. The van der Waals surface area contributed by atoms with Crippen LogP contribution in [0.25, 0.3) is 0 Å². The van der Waals surface area contributed by atoms with E-state index < -0.39 is 17.5 Å². The molecule has 3 heteroatoms. The number of rotatable bonds is 5. The number of hydrogen-bond donors (Lipinski definition) is 1. The first kappa shape index (κ1) is 15.3. The van der Waals surface area contributed by atoms with Crippen molar-refractivity contribution in [2.75, 3.05) is 0 Å². The van der Waals surface area contributed by atoms with Crippen LogP contribution in [0.1, 0.15) is 19.4 Å². The lowest BCUT2D eigenvalue weighted by molar-refractivity contribution is -0.146. The number of para-hydroxylation sites is 1. The van der Waals surface area contributed by atoms with Crippen LogP contribution in [-0.4, -0.2) is 16.7 Å². The number of ether oxygens (including phenoxy) is 1. The molecule has 2 aromatic carbocycles. The summed E-state index contributed by atoms with van der Waals surface area (Å²) in [5.74, 6) is -0.553. The molecule has 110 valence electrons. The van der Waals surface area contributed by atoms with Gasteiger partial charge >= 0.3 is 5.97 Å². The molecule has 0 aromatic heterocycles. The number of carbonyl (C=O) groups is 1. The van der Waals surface area contributed by atoms with Gasteiger partial charge in [-0.1, -0.05) is 48.5 Å². The Labute approximate surface area is 125 Å². The van der Waals surface area contributed by atoms with Crippen molar-refractivity contribution < 1.29 is 14.6 Å². The number of hydrogen-bond acceptors (Lipinski definition) is 3. The highest BCUT2D eigenvalue weighted by molar-refractivity contribution is 5.76. The minimum absolute atomic E-state index is 0.419. The molecule has 0 fully saturated rings. The van der Waals surface area contributed by atoms with E-state index in [1.165, 1.54) is 0 Å². The van der Waals surface area contributed by atoms with Gasteiger partial charge < -0.3 is 9.84 Å². The van der Waals surface area contributed by atoms with E-state index in [4.69, 9.17) is 4.74 Å². The Kier molecular flexibility index (Phi) is 4.76. The molecule has 0 aliphatic heterocycles. The summed E-state index contributed by atoms with van der Waals surface area (Å²) in [6.45, 7) is 3.26. The predicted octanol–water partition coefficient (Wildman–Crippen LogP) is 3.22. The van der Waals surface area contributed by atoms with E-state index in [9.17, 15) is 9.90 Å². The highest BCUT2D eigenvalue weighted by Gasteiger charge is 2.35. The van der Waals surface area contributed by atoms with Gasteiger partial charge in [-0.2, -0.15) is 0 Å². The van der Waals surface area contributed by atoms with Crippen molar-refractivity contribution in [3.63, 3.8) is 0 Å². The van der Waals surface area contributed by atoms with Crippen LogP contribution in [-0.2, 0) is 11.2 Å². The van der Waals surface area contributed by atoms with E-state index in [-0.39, 0.29) is 0 Å². The van der Waals surface area contributed by atoms with E-state index in [0.717, 1.165) is 5.56 Å². The summed E-state index contributed by atoms with van der Waals surface area (Å²) in [5.41, 5.74) is -0.156. The summed E-state index contributed by atoms with van der Waals surface area (Å²) in [6.07, 6.45) is 0.440. The molecule has 3 nitrogen and oxygen atoms in total. The first-order valence-electron chi connectivity index (χ1n) is 7.00. The molecule has 0 radical (unpaired) electrons. The number of esters is 1. The van der Waals surface area contributed by atoms with Crippen molar-refractivity contribution in [1.82, 2.24) is 0 Å². The fourth-order valence-corrected chi connectivity index (χ4v) is 2.15. The van der Waals surface area contributed by atoms with E-state index in [0.29, 0.717) is 12.2 Å². The van der Waals surface area contributed by atoms with Crippen LogP contribution >= 0.6 is 0 Å². The predicted molar refractivity (Wildman–Crippen MR) is 82.0 cm³/mol. The first-order valence-corrected chi connectivity index (χ1v) is 7.00. The quantitative estimate of drug-likeness (QED) is 0.677. The standard InChI is InChI=1S/C18H20O3/c1-18(2,20)16(13-14-9-5-3-6-10-14)17(19)21-15-11-7-4-8-12-15/h3-12,16,20H,13H2,1-2H3/t16-/m0/s1. The highest BCUT2D eigenvalue weighted by Crippen LogP contribution is 2.24. The lowest BCUT2D eigenvalue weighted by Gasteiger charge is -2.27. The second-order valence-corrected chi connectivity index (χ2v) is 5.63. The van der Waals surface area contributed by atoms with Gasteiger partial charge in [0.15, 0.2) is 0 Å². The molecular weight excluding hydrogens is 264 g/mol. The van der Waals surface area contributed by atoms with Crippen LogP contribution in [0.2, 0.25) is 0 Å². The van der Waals surface area contributed by atoms with E-state index in [1.807, 2.05) is 36.4 Å². The van der Waals surface area contributed by atoms with Crippen LogP contribution < -0.4 is 4.74 Å². The molecule has 0 heterocycles. The maximum Gasteiger partial charge on any atom is 0.317 e. The van der Waals surface area contributed by atoms with E-state index in [2.05, 4.69) is 0 Å². The van der Waals surface area contributed by atoms with Crippen LogP contribution in [0, 0.1) is 5.92 Å². The molecule has 2 rings (SSSR count). The van der Waals surface area contributed by atoms with Crippen molar-refractivity contribution in [2.24, 2.45) is 5.92 Å². The minimum Gasteiger partial charge on any atom is -0.426 e. The molecule has 0 aliphatic carbocycles. The Morgan fingerprint density at radius 3 is 2.10 bits per heavy atom. The molecule has 0 spiro atoms. The third kappa shape index (κ3) is 4.43. The van der Waals surface area contributed by atoms with Crippen LogP contribution in [0.4, 0.5) is 0 Å². The van der Waals surface area contributed by atoms with Crippen LogP contribution in [0.5, 0.6) is 5.75 Å². The second kappa shape index (κ2) is 6.55. The molecule has 0 bridgehead atoms. The van der Waals surface area contributed by atoms with Gasteiger partial charge in [-0.3, -0.25) is 4.79 Å². The van der Waals surface area contributed by atoms with Gasteiger partial charge in [0.05, 0.1) is 11.5 Å². The van der Waals surface area contributed by atoms with Crippen molar-refractivity contribution >= 4 is 5.97 Å². The Morgan fingerprint density at radius 1 is 1.05 bits per heavy atom. The molecular formula is C18H20O3. The zero-order chi connectivity index (χ0) is 15.3. The van der Waals surface area contributed by atoms with Gasteiger partial charge in [-0.25, -0.2) is 0 Å². The van der Waals surface area contributed by atoms with Gasteiger partial charge in [0.25, 0.3) is 0 Å². The van der Waals surface area contributed by atoms with Crippen molar-refractivity contribution in [3.05, 3.63) is 66.2 Å². The first-order chi connectivity index (χ1) is 9.97. The van der Waals surface area contributed by atoms with Crippen LogP contribution in [0.15, 0.2) is 60.7 Å². The smallest absolute Gasteiger partial charge is 0.317 e. The molecule has 1 atom stereocenters. The Hall–Kier alpha value is -2.13. The zero-order valence-electron chi connectivity index (χ0n) is 12.3. The summed E-state index contributed by atoms with van der Waals surface area (Å²) in [4.78, 5) is 12.4. The normalized spacial score (nSPS) is 12.7. The van der Waals surface area contributed by atoms with Crippen LogP contribution in [0.3, 0.4) is 0 Å². The fraction of sp³-hybridized carbons (Fsp3) is 0.278. The lowest BCUT2D eigenvalue weighted by Crippen LogP contribution is -2.40. The van der Waals surface area contributed by atoms with Gasteiger partial charge in [0.1, 0.15) is 5.75 Å². The molecule has 0 saturated carbocycles. The highest BCUT2D eigenvalue weighted by atomic mass is 16.5.